The monoisotopic (exact) mass is 464 g/mol. The van der Waals surface area contributed by atoms with Gasteiger partial charge in [0.25, 0.3) is 0 Å². The number of aromatic nitrogens is 5. The number of hydrogen-bond donors (Lipinski definition) is 3. The van der Waals surface area contributed by atoms with Gasteiger partial charge in [0, 0.05) is 48.9 Å². The van der Waals surface area contributed by atoms with Crippen molar-refractivity contribution in [3.63, 3.8) is 0 Å². The second kappa shape index (κ2) is 9.92. The third-order valence-corrected chi connectivity index (χ3v) is 5.20. The SMILES string of the molecule is C/C=C/c1cc(Nc2cc(N(C)CCN(C)C)nc(Oc3ccc4[nH]c(C)cc4c3F)n2)n[nH]1. The second-order valence-corrected chi connectivity index (χ2v) is 8.35. The molecule has 1 aromatic carbocycles. The van der Waals surface area contributed by atoms with Crippen LogP contribution < -0.4 is 15.0 Å². The molecule has 0 amide bonds. The van der Waals surface area contributed by atoms with Gasteiger partial charge in [-0.05, 0) is 52.2 Å². The Kier molecular flexibility index (Phi) is 6.78. The fourth-order valence-electron chi connectivity index (χ4n) is 3.44. The van der Waals surface area contributed by atoms with E-state index in [-0.39, 0.29) is 11.8 Å². The molecule has 0 unspecified atom stereocenters. The molecule has 0 bridgehead atoms. The number of ether oxygens (including phenoxy) is 1. The Balaban J connectivity index is 1.66. The average Bonchev–Trinajstić information content (AvgIpc) is 3.40. The van der Waals surface area contributed by atoms with E-state index in [0.29, 0.717) is 28.4 Å². The molecule has 3 aromatic heterocycles. The number of aryl methyl sites for hydroxylation is 1. The van der Waals surface area contributed by atoms with E-state index >= 15 is 4.39 Å². The molecule has 34 heavy (non-hydrogen) atoms. The highest BCUT2D eigenvalue weighted by Gasteiger charge is 2.16. The van der Waals surface area contributed by atoms with Gasteiger partial charge in [-0.15, -0.1) is 0 Å². The van der Waals surface area contributed by atoms with Crippen LogP contribution in [0, 0.1) is 12.7 Å². The van der Waals surface area contributed by atoms with E-state index in [2.05, 4.69) is 35.4 Å². The molecule has 0 fully saturated rings. The second-order valence-electron chi connectivity index (χ2n) is 8.35. The van der Waals surface area contributed by atoms with E-state index < -0.39 is 5.82 Å². The van der Waals surface area contributed by atoms with Gasteiger partial charge < -0.3 is 24.8 Å². The fourth-order valence-corrected chi connectivity index (χ4v) is 3.44. The summed E-state index contributed by atoms with van der Waals surface area (Å²) in [6, 6.07) is 8.80. The van der Waals surface area contributed by atoms with Gasteiger partial charge in [0.1, 0.15) is 11.6 Å². The molecule has 0 saturated carbocycles. The van der Waals surface area contributed by atoms with Gasteiger partial charge in [0.05, 0.1) is 5.69 Å². The number of likely N-dealkylation sites (N-methyl/N-ethyl adjacent to an activating group) is 2. The van der Waals surface area contributed by atoms with Crippen molar-refractivity contribution in [2.24, 2.45) is 0 Å². The van der Waals surface area contributed by atoms with E-state index in [0.717, 1.165) is 24.5 Å². The number of halogens is 1. The van der Waals surface area contributed by atoms with Crippen LogP contribution in [-0.2, 0) is 0 Å². The van der Waals surface area contributed by atoms with Crippen LogP contribution >= 0.6 is 0 Å². The molecule has 0 aliphatic rings. The molecule has 3 heterocycles. The summed E-state index contributed by atoms with van der Waals surface area (Å²) in [5, 5.41) is 10.8. The predicted octanol–water partition coefficient (Wildman–Crippen LogP) is 4.70. The Morgan fingerprint density at radius 3 is 2.68 bits per heavy atom. The van der Waals surface area contributed by atoms with Gasteiger partial charge in [0.2, 0.25) is 0 Å². The number of aromatic amines is 2. The summed E-state index contributed by atoms with van der Waals surface area (Å²) in [5.74, 6) is 1.30. The summed E-state index contributed by atoms with van der Waals surface area (Å²) in [4.78, 5) is 16.2. The van der Waals surface area contributed by atoms with Gasteiger partial charge >= 0.3 is 6.01 Å². The molecular weight excluding hydrogens is 435 g/mol. The van der Waals surface area contributed by atoms with Gasteiger partial charge in [-0.3, -0.25) is 5.10 Å². The maximum atomic E-state index is 15.1. The zero-order valence-corrected chi connectivity index (χ0v) is 20.0. The van der Waals surface area contributed by atoms with Crippen molar-refractivity contribution < 1.29 is 9.13 Å². The van der Waals surface area contributed by atoms with E-state index in [1.165, 1.54) is 0 Å². The number of H-pyrrole nitrogens is 2. The van der Waals surface area contributed by atoms with E-state index in [1.54, 1.807) is 18.2 Å². The molecule has 0 aliphatic heterocycles. The third-order valence-electron chi connectivity index (χ3n) is 5.20. The molecule has 4 rings (SSSR count). The van der Waals surface area contributed by atoms with E-state index in [1.807, 2.05) is 64.2 Å². The summed E-state index contributed by atoms with van der Waals surface area (Å²) in [7, 11) is 5.96. The molecular formula is C24H29FN8O. The highest BCUT2D eigenvalue weighted by molar-refractivity contribution is 5.82. The lowest BCUT2D eigenvalue weighted by Crippen LogP contribution is -2.29. The molecule has 0 saturated heterocycles. The number of rotatable bonds is 9. The summed E-state index contributed by atoms with van der Waals surface area (Å²) < 4.78 is 20.9. The summed E-state index contributed by atoms with van der Waals surface area (Å²) in [5.41, 5.74) is 2.43. The normalized spacial score (nSPS) is 11.6. The van der Waals surface area contributed by atoms with Crippen LogP contribution in [0.4, 0.5) is 21.8 Å². The first-order valence-corrected chi connectivity index (χ1v) is 11.0. The highest BCUT2D eigenvalue weighted by atomic mass is 19.1. The molecule has 0 spiro atoms. The number of fused-ring (bicyclic) bond motifs is 1. The molecule has 3 N–H and O–H groups in total. The zero-order chi connectivity index (χ0) is 24.2. The Bertz CT molecular complexity index is 1310. The van der Waals surface area contributed by atoms with E-state index in [4.69, 9.17) is 4.74 Å². The van der Waals surface area contributed by atoms with Crippen molar-refractivity contribution >= 4 is 34.4 Å². The first-order valence-electron chi connectivity index (χ1n) is 11.0. The van der Waals surface area contributed by atoms with Crippen molar-refractivity contribution in [2.75, 3.05) is 44.4 Å². The summed E-state index contributed by atoms with van der Waals surface area (Å²) >= 11 is 0. The van der Waals surface area contributed by atoms with Crippen LogP contribution in [0.15, 0.2) is 36.4 Å². The standard InChI is InChI=1S/C24H29FN8O/c1-6-7-16-13-21(31-30-16)27-20-14-22(33(5)11-10-32(3)4)29-24(28-20)34-19-9-8-18-17(23(19)25)12-15(2)26-18/h6-9,12-14,26H,10-11H2,1-5H3,(H2,27,28,29,30,31)/b7-6+. The zero-order valence-electron chi connectivity index (χ0n) is 20.0. The number of hydrogen-bond acceptors (Lipinski definition) is 7. The number of allylic oxidation sites excluding steroid dienone is 1. The number of nitrogens with one attached hydrogen (secondary N) is 3. The van der Waals surface area contributed by atoms with Crippen LogP contribution in [0.3, 0.4) is 0 Å². The van der Waals surface area contributed by atoms with Gasteiger partial charge in [-0.1, -0.05) is 6.08 Å². The minimum Gasteiger partial charge on any atom is -0.421 e. The number of nitrogens with zero attached hydrogens (tertiary/aromatic N) is 5. The molecule has 0 atom stereocenters. The Morgan fingerprint density at radius 2 is 1.91 bits per heavy atom. The lowest BCUT2D eigenvalue weighted by Gasteiger charge is -2.21. The molecule has 0 aliphatic carbocycles. The maximum Gasteiger partial charge on any atom is 0.326 e. The smallest absolute Gasteiger partial charge is 0.326 e. The highest BCUT2D eigenvalue weighted by Crippen LogP contribution is 2.31. The minimum absolute atomic E-state index is 0.0337. The lowest BCUT2D eigenvalue weighted by atomic mass is 10.2. The quantitative estimate of drug-likeness (QED) is 0.330. The largest absolute Gasteiger partial charge is 0.421 e. The number of anilines is 3. The Hall–Kier alpha value is -3.92. The van der Waals surface area contributed by atoms with Crippen LogP contribution in [-0.4, -0.2) is 64.3 Å². The first kappa shape index (κ1) is 23.2. The van der Waals surface area contributed by atoms with Crippen LogP contribution in [0.2, 0.25) is 0 Å². The van der Waals surface area contributed by atoms with Crippen LogP contribution in [0.5, 0.6) is 11.8 Å². The fraction of sp³-hybridized carbons (Fsp3) is 0.292. The van der Waals surface area contributed by atoms with Crippen molar-refractivity contribution in [1.29, 1.82) is 0 Å². The maximum absolute atomic E-state index is 15.1. The topological polar surface area (TPSA) is 98.0 Å². The minimum atomic E-state index is -0.463. The van der Waals surface area contributed by atoms with Gasteiger partial charge in [-0.25, -0.2) is 4.39 Å². The van der Waals surface area contributed by atoms with Crippen LogP contribution in [0.25, 0.3) is 17.0 Å². The summed E-state index contributed by atoms with van der Waals surface area (Å²) in [6.45, 7) is 5.39. The van der Waals surface area contributed by atoms with Gasteiger partial charge in [-0.2, -0.15) is 15.1 Å². The lowest BCUT2D eigenvalue weighted by molar-refractivity contribution is 0.409. The summed E-state index contributed by atoms with van der Waals surface area (Å²) in [6.07, 6.45) is 3.83. The van der Waals surface area contributed by atoms with Crippen molar-refractivity contribution in [1.82, 2.24) is 30.0 Å². The predicted molar refractivity (Wildman–Crippen MR) is 134 cm³/mol. The third kappa shape index (κ3) is 5.34. The Morgan fingerprint density at radius 1 is 1.09 bits per heavy atom. The number of benzene rings is 1. The van der Waals surface area contributed by atoms with E-state index in [9.17, 15) is 0 Å². The molecule has 4 aromatic rings. The molecule has 9 nitrogen and oxygen atoms in total. The van der Waals surface area contributed by atoms with Gasteiger partial charge in [0.15, 0.2) is 17.4 Å². The molecule has 0 radical (unpaired) electrons. The van der Waals surface area contributed by atoms with Crippen molar-refractivity contribution in [3.8, 4) is 11.8 Å². The molecule has 178 valence electrons. The molecule has 10 heteroatoms. The Labute approximate surface area is 197 Å². The van der Waals surface area contributed by atoms with Crippen molar-refractivity contribution in [2.45, 2.75) is 13.8 Å². The average molecular weight is 465 g/mol. The first-order chi connectivity index (χ1) is 16.3. The van der Waals surface area contributed by atoms with Crippen LogP contribution in [0.1, 0.15) is 18.3 Å². The van der Waals surface area contributed by atoms with Crippen molar-refractivity contribution in [3.05, 3.63) is 53.6 Å².